The van der Waals surface area contributed by atoms with Crippen LogP contribution in [0, 0.1) is 5.92 Å². The smallest absolute Gasteiger partial charge is 0.318 e. The fourth-order valence-electron chi connectivity index (χ4n) is 2.75. The second-order valence-corrected chi connectivity index (χ2v) is 6.31. The lowest BCUT2D eigenvalue weighted by Crippen LogP contribution is -2.55. The fourth-order valence-corrected chi connectivity index (χ4v) is 2.75. The van der Waals surface area contributed by atoms with Gasteiger partial charge in [0, 0.05) is 19.0 Å². The van der Waals surface area contributed by atoms with Crippen LogP contribution < -0.4 is 5.32 Å². The van der Waals surface area contributed by atoms with Crippen LogP contribution in [-0.2, 0) is 4.74 Å². The van der Waals surface area contributed by atoms with Gasteiger partial charge in [0.05, 0.1) is 25.5 Å². The van der Waals surface area contributed by atoms with E-state index in [4.69, 9.17) is 9.15 Å². The topological polar surface area (TPSA) is 74.9 Å². The Bertz CT molecular complexity index is 477. The number of carbonyl (C=O) groups is 1. The van der Waals surface area contributed by atoms with E-state index in [0.717, 1.165) is 6.42 Å². The Balaban J connectivity index is 1.96. The normalized spacial score (nSPS) is 22.4. The Hall–Kier alpha value is -1.53. The molecular formula is C17H28N2O4. The minimum atomic E-state index is -0.737. The van der Waals surface area contributed by atoms with Crippen LogP contribution in [0.4, 0.5) is 4.79 Å². The average molecular weight is 324 g/mol. The number of ether oxygens (including phenoxy) is 1. The molecule has 6 nitrogen and oxygen atoms in total. The Labute approximate surface area is 137 Å². The summed E-state index contributed by atoms with van der Waals surface area (Å²) in [6, 6.07) is 3.36. The largest absolute Gasteiger partial charge is 0.467 e. The first-order chi connectivity index (χ1) is 11.0. The number of carbonyl (C=O) groups excluding carboxylic acids is 1. The van der Waals surface area contributed by atoms with E-state index >= 15 is 0 Å². The first-order valence-electron chi connectivity index (χ1n) is 8.39. The summed E-state index contributed by atoms with van der Waals surface area (Å²) in [5.74, 6) is 0.941. The summed E-state index contributed by atoms with van der Waals surface area (Å²) >= 11 is 0. The van der Waals surface area contributed by atoms with Gasteiger partial charge in [-0.3, -0.25) is 0 Å². The van der Waals surface area contributed by atoms with E-state index in [1.54, 1.807) is 17.0 Å². The molecule has 1 aromatic rings. The summed E-state index contributed by atoms with van der Waals surface area (Å²) < 4.78 is 10.7. The summed E-state index contributed by atoms with van der Waals surface area (Å²) in [5, 5.41) is 13.3. The number of aliphatic hydroxyl groups is 1. The van der Waals surface area contributed by atoms with Gasteiger partial charge in [-0.25, -0.2) is 4.79 Å². The number of morpholine rings is 1. The third kappa shape index (κ3) is 4.72. The van der Waals surface area contributed by atoms with Crippen LogP contribution in [0.25, 0.3) is 0 Å². The van der Waals surface area contributed by atoms with Crippen molar-refractivity contribution in [3.63, 3.8) is 0 Å². The van der Waals surface area contributed by atoms with Crippen molar-refractivity contribution in [1.29, 1.82) is 0 Å². The number of hydrogen-bond acceptors (Lipinski definition) is 4. The monoisotopic (exact) mass is 324 g/mol. The van der Waals surface area contributed by atoms with Crippen molar-refractivity contribution in [2.75, 3.05) is 19.8 Å². The number of nitrogens with one attached hydrogen (secondary N) is 1. The zero-order valence-corrected chi connectivity index (χ0v) is 14.2. The average Bonchev–Trinajstić information content (AvgIpc) is 3.09. The molecule has 1 fully saturated rings. The molecule has 4 atom stereocenters. The van der Waals surface area contributed by atoms with E-state index in [1.807, 2.05) is 6.92 Å². The van der Waals surface area contributed by atoms with Crippen LogP contribution in [0.3, 0.4) is 0 Å². The maximum absolute atomic E-state index is 12.6. The molecule has 2 N–H and O–H groups in total. The van der Waals surface area contributed by atoms with Gasteiger partial charge in [0.1, 0.15) is 11.9 Å². The number of amides is 2. The third-order valence-electron chi connectivity index (χ3n) is 4.70. The Kier molecular flexibility index (Phi) is 6.47. The van der Waals surface area contributed by atoms with E-state index in [-0.39, 0.29) is 18.1 Å². The van der Waals surface area contributed by atoms with Crippen molar-refractivity contribution in [1.82, 2.24) is 10.2 Å². The molecule has 130 valence electrons. The van der Waals surface area contributed by atoms with E-state index < -0.39 is 6.10 Å². The van der Waals surface area contributed by atoms with Crippen molar-refractivity contribution >= 4 is 6.03 Å². The van der Waals surface area contributed by atoms with E-state index in [9.17, 15) is 9.90 Å². The number of furan rings is 1. The van der Waals surface area contributed by atoms with Gasteiger partial charge in [-0.15, -0.1) is 0 Å². The van der Waals surface area contributed by atoms with Crippen LogP contribution in [-0.4, -0.2) is 47.9 Å². The van der Waals surface area contributed by atoms with E-state index in [0.29, 0.717) is 37.9 Å². The summed E-state index contributed by atoms with van der Waals surface area (Å²) in [4.78, 5) is 14.3. The minimum absolute atomic E-state index is 0.0854. The molecule has 23 heavy (non-hydrogen) atoms. The highest BCUT2D eigenvalue weighted by Crippen LogP contribution is 2.23. The summed E-state index contributed by atoms with van der Waals surface area (Å²) in [6.45, 7) is 7.77. The summed E-state index contributed by atoms with van der Waals surface area (Å²) in [6.07, 6.45) is 2.22. The summed E-state index contributed by atoms with van der Waals surface area (Å²) in [7, 11) is 0. The SMILES string of the molecule is CCC(C)C(C)NC(=O)N1CCOCC1CC(O)c1ccco1. The molecule has 4 unspecified atom stereocenters. The van der Waals surface area contributed by atoms with Crippen LogP contribution in [0.2, 0.25) is 0 Å². The summed E-state index contributed by atoms with van der Waals surface area (Å²) in [5.41, 5.74) is 0. The highest BCUT2D eigenvalue weighted by atomic mass is 16.5. The quantitative estimate of drug-likeness (QED) is 0.843. The zero-order valence-electron chi connectivity index (χ0n) is 14.2. The van der Waals surface area contributed by atoms with Gasteiger partial charge < -0.3 is 24.5 Å². The molecule has 6 heteroatoms. The molecule has 0 bridgehead atoms. The van der Waals surface area contributed by atoms with E-state index in [1.165, 1.54) is 6.26 Å². The van der Waals surface area contributed by atoms with Crippen molar-refractivity contribution < 1.29 is 19.1 Å². The Morgan fingerprint density at radius 2 is 2.30 bits per heavy atom. The predicted octanol–water partition coefficient (Wildman–Crippen LogP) is 2.55. The molecule has 2 rings (SSSR count). The first-order valence-corrected chi connectivity index (χ1v) is 8.39. The molecule has 1 aromatic heterocycles. The molecule has 1 saturated heterocycles. The van der Waals surface area contributed by atoms with Crippen LogP contribution in [0.15, 0.2) is 22.8 Å². The molecule has 2 amide bonds. The maximum Gasteiger partial charge on any atom is 0.318 e. The molecule has 2 heterocycles. The molecular weight excluding hydrogens is 296 g/mol. The Morgan fingerprint density at radius 1 is 1.52 bits per heavy atom. The minimum Gasteiger partial charge on any atom is -0.467 e. The lowest BCUT2D eigenvalue weighted by Gasteiger charge is -2.37. The van der Waals surface area contributed by atoms with Crippen molar-refractivity contribution in [2.45, 2.75) is 51.8 Å². The van der Waals surface area contributed by atoms with Crippen LogP contribution in [0.1, 0.15) is 45.5 Å². The van der Waals surface area contributed by atoms with Crippen LogP contribution >= 0.6 is 0 Å². The third-order valence-corrected chi connectivity index (χ3v) is 4.70. The standard InChI is InChI=1S/C17H28N2O4/c1-4-12(2)13(3)18-17(21)19-7-9-22-11-14(19)10-15(20)16-6-5-8-23-16/h5-6,8,12-15,20H,4,7,9-11H2,1-3H3,(H,18,21). The second kappa shape index (κ2) is 8.36. The lowest BCUT2D eigenvalue weighted by atomic mass is 10.0. The molecule has 0 aromatic carbocycles. The molecule has 0 radical (unpaired) electrons. The maximum atomic E-state index is 12.6. The van der Waals surface area contributed by atoms with Gasteiger partial charge in [0.2, 0.25) is 0 Å². The van der Waals surface area contributed by atoms with Gasteiger partial charge in [0.15, 0.2) is 0 Å². The highest BCUT2D eigenvalue weighted by Gasteiger charge is 2.31. The van der Waals surface area contributed by atoms with Gasteiger partial charge in [0.25, 0.3) is 0 Å². The second-order valence-electron chi connectivity index (χ2n) is 6.31. The molecule has 0 spiro atoms. The Morgan fingerprint density at radius 3 is 2.96 bits per heavy atom. The van der Waals surface area contributed by atoms with E-state index in [2.05, 4.69) is 19.2 Å². The number of nitrogens with zero attached hydrogens (tertiary/aromatic N) is 1. The van der Waals surface area contributed by atoms with Gasteiger partial charge in [-0.05, 0) is 25.0 Å². The van der Waals surface area contributed by atoms with Crippen LogP contribution in [0.5, 0.6) is 0 Å². The van der Waals surface area contributed by atoms with Crippen molar-refractivity contribution in [2.24, 2.45) is 5.92 Å². The molecule has 1 aliphatic rings. The lowest BCUT2D eigenvalue weighted by molar-refractivity contribution is -0.0103. The molecule has 1 aliphatic heterocycles. The van der Waals surface area contributed by atoms with Gasteiger partial charge >= 0.3 is 6.03 Å². The molecule has 0 saturated carbocycles. The first kappa shape index (κ1) is 17.8. The predicted molar refractivity (Wildman–Crippen MR) is 87.0 cm³/mol. The fraction of sp³-hybridized carbons (Fsp3) is 0.706. The van der Waals surface area contributed by atoms with Gasteiger partial charge in [-0.2, -0.15) is 0 Å². The zero-order chi connectivity index (χ0) is 16.8. The number of urea groups is 1. The van der Waals surface area contributed by atoms with Crippen molar-refractivity contribution in [3.8, 4) is 0 Å². The highest BCUT2D eigenvalue weighted by molar-refractivity contribution is 5.75. The van der Waals surface area contributed by atoms with Crippen molar-refractivity contribution in [3.05, 3.63) is 24.2 Å². The number of aliphatic hydroxyl groups excluding tert-OH is 1. The number of rotatable bonds is 6. The number of hydrogen-bond donors (Lipinski definition) is 2. The molecule has 0 aliphatic carbocycles. The van der Waals surface area contributed by atoms with Gasteiger partial charge in [-0.1, -0.05) is 20.3 Å².